The van der Waals surface area contributed by atoms with Crippen LogP contribution >= 0.6 is 0 Å². The molecule has 0 saturated carbocycles. The van der Waals surface area contributed by atoms with E-state index in [1.54, 1.807) is 27.7 Å². The number of carbonyl (C=O) groups is 1. The zero-order valence-electron chi connectivity index (χ0n) is 13.4. The summed E-state index contributed by atoms with van der Waals surface area (Å²) in [5.41, 5.74) is 0. The highest BCUT2D eigenvalue weighted by Gasteiger charge is 2.49. The Hall–Kier alpha value is -0.830. The molecule has 2 fully saturated rings. The first-order valence-corrected chi connectivity index (χ1v) is 7.12. The van der Waals surface area contributed by atoms with E-state index in [1.165, 1.54) is 0 Å². The molecular formula is C14H22F2O6. The van der Waals surface area contributed by atoms with Crippen LogP contribution < -0.4 is 0 Å². The summed E-state index contributed by atoms with van der Waals surface area (Å²) in [7, 11) is 0. The van der Waals surface area contributed by atoms with Crippen molar-refractivity contribution in [2.45, 2.75) is 70.4 Å². The monoisotopic (exact) mass is 324 g/mol. The summed E-state index contributed by atoms with van der Waals surface area (Å²) >= 11 is 0. The van der Waals surface area contributed by atoms with Gasteiger partial charge in [-0.05, 0) is 27.7 Å². The Balaban J connectivity index is 2.13. The second-order valence-electron chi connectivity index (χ2n) is 6.49. The molecule has 22 heavy (non-hydrogen) atoms. The van der Waals surface area contributed by atoms with Crippen LogP contribution in [0.1, 0.15) is 34.6 Å². The summed E-state index contributed by atoms with van der Waals surface area (Å²) in [6, 6.07) is 0. The van der Waals surface area contributed by atoms with Crippen LogP contribution in [0.15, 0.2) is 0 Å². The number of esters is 1. The van der Waals surface area contributed by atoms with Gasteiger partial charge in [-0.25, -0.2) is 4.79 Å². The number of hydrogen-bond donors (Lipinski definition) is 0. The molecule has 2 atom stereocenters. The summed E-state index contributed by atoms with van der Waals surface area (Å²) in [6.07, 6.45) is -2.45. The molecular weight excluding hydrogens is 302 g/mol. The molecule has 2 saturated heterocycles. The molecule has 2 unspecified atom stereocenters. The fraction of sp³-hybridized carbons (Fsp3) is 0.929. The third kappa shape index (κ3) is 4.13. The van der Waals surface area contributed by atoms with E-state index in [2.05, 4.69) is 0 Å². The Morgan fingerprint density at radius 1 is 1.09 bits per heavy atom. The number of hydrogen-bond acceptors (Lipinski definition) is 6. The maximum Gasteiger partial charge on any atom is 0.377 e. The number of rotatable bonds is 4. The Bertz CT molecular complexity index is 406. The van der Waals surface area contributed by atoms with Crippen LogP contribution in [0.25, 0.3) is 0 Å². The van der Waals surface area contributed by atoms with Gasteiger partial charge in [0.25, 0.3) is 0 Å². The highest BCUT2D eigenvalue weighted by Crippen LogP contribution is 2.33. The van der Waals surface area contributed by atoms with Crippen LogP contribution in [0, 0.1) is 0 Å². The van der Waals surface area contributed by atoms with Crippen molar-refractivity contribution in [3.05, 3.63) is 0 Å². The van der Waals surface area contributed by atoms with Gasteiger partial charge in [0.15, 0.2) is 17.7 Å². The molecule has 0 spiro atoms. The minimum atomic E-state index is -3.60. The van der Waals surface area contributed by atoms with Crippen molar-refractivity contribution in [3.63, 3.8) is 0 Å². The SMILES string of the molecule is CC1(C)OCC(C(OC(=O)C(C)(F)F)C2COC(C)(C)O2)O1. The standard InChI is InChI=1S/C14H22F2O6/c1-12(2)18-6-8(21-12)10(20-11(17)14(5,15)16)9-7-19-13(3,4)22-9/h8-10H,6-7H2,1-5H3. The Morgan fingerprint density at radius 3 is 1.77 bits per heavy atom. The van der Waals surface area contributed by atoms with Gasteiger partial charge in [-0.15, -0.1) is 0 Å². The third-order valence-electron chi connectivity index (χ3n) is 3.40. The van der Waals surface area contributed by atoms with Crippen molar-refractivity contribution >= 4 is 5.97 Å². The molecule has 0 aromatic carbocycles. The molecule has 0 radical (unpaired) electrons. The normalized spacial score (nSPS) is 32.0. The minimum Gasteiger partial charge on any atom is -0.452 e. The zero-order valence-corrected chi connectivity index (χ0v) is 13.4. The molecule has 0 N–H and O–H groups in total. The first-order valence-electron chi connectivity index (χ1n) is 7.12. The van der Waals surface area contributed by atoms with Crippen LogP contribution in [0.3, 0.4) is 0 Å². The van der Waals surface area contributed by atoms with Gasteiger partial charge in [-0.3, -0.25) is 0 Å². The third-order valence-corrected chi connectivity index (χ3v) is 3.40. The molecule has 2 rings (SSSR count). The minimum absolute atomic E-state index is 0.112. The lowest BCUT2D eigenvalue weighted by Crippen LogP contribution is -2.47. The molecule has 2 heterocycles. The van der Waals surface area contributed by atoms with E-state index < -0.39 is 41.8 Å². The number of ether oxygens (including phenoxy) is 5. The number of halogens is 2. The molecule has 0 amide bonds. The molecule has 0 aliphatic carbocycles. The van der Waals surface area contributed by atoms with Crippen molar-refractivity contribution in [1.29, 1.82) is 0 Å². The molecule has 2 aliphatic rings. The highest BCUT2D eigenvalue weighted by atomic mass is 19.3. The van der Waals surface area contributed by atoms with Gasteiger partial charge >= 0.3 is 11.9 Å². The van der Waals surface area contributed by atoms with Gasteiger partial charge in [-0.2, -0.15) is 8.78 Å². The summed E-state index contributed by atoms with van der Waals surface area (Å²) in [6.45, 7) is 7.47. The predicted octanol–water partition coefficient (Wildman–Crippen LogP) is 1.86. The predicted molar refractivity (Wildman–Crippen MR) is 70.3 cm³/mol. The molecule has 0 aromatic rings. The van der Waals surface area contributed by atoms with E-state index in [4.69, 9.17) is 23.7 Å². The summed E-state index contributed by atoms with van der Waals surface area (Å²) in [5, 5.41) is 0. The van der Waals surface area contributed by atoms with Gasteiger partial charge in [0.1, 0.15) is 12.2 Å². The summed E-state index contributed by atoms with van der Waals surface area (Å²) in [4.78, 5) is 11.5. The van der Waals surface area contributed by atoms with Crippen LogP contribution in [0.4, 0.5) is 8.78 Å². The van der Waals surface area contributed by atoms with Crippen LogP contribution in [0.5, 0.6) is 0 Å². The Morgan fingerprint density at radius 2 is 1.50 bits per heavy atom. The van der Waals surface area contributed by atoms with E-state index >= 15 is 0 Å². The lowest BCUT2D eigenvalue weighted by molar-refractivity contribution is -0.207. The maximum atomic E-state index is 13.1. The molecule has 6 nitrogen and oxygen atoms in total. The van der Waals surface area contributed by atoms with Crippen molar-refractivity contribution in [2.75, 3.05) is 13.2 Å². The molecule has 0 aromatic heterocycles. The lowest BCUT2D eigenvalue weighted by atomic mass is 10.1. The number of alkyl halides is 2. The van der Waals surface area contributed by atoms with E-state index in [9.17, 15) is 13.6 Å². The largest absolute Gasteiger partial charge is 0.452 e. The fourth-order valence-corrected chi connectivity index (χ4v) is 2.37. The van der Waals surface area contributed by atoms with Crippen molar-refractivity contribution < 1.29 is 37.3 Å². The van der Waals surface area contributed by atoms with Crippen molar-refractivity contribution in [2.24, 2.45) is 0 Å². The molecule has 8 heteroatoms. The van der Waals surface area contributed by atoms with Crippen molar-refractivity contribution in [3.8, 4) is 0 Å². The molecule has 128 valence electrons. The summed E-state index contributed by atoms with van der Waals surface area (Å²) < 4.78 is 53.3. The van der Waals surface area contributed by atoms with Crippen LogP contribution in [0.2, 0.25) is 0 Å². The topological polar surface area (TPSA) is 63.2 Å². The summed E-state index contributed by atoms with van der Waals surface area (Å²) in [5.74, 6) is -6.97. The molecule has 2 aliphatic heterocycles. The van der Waals surface area contributed by atoms with E-state index in [-0.39, 0.29) is 13.2 Å². The Kier molecular flexibility index (Phi) is 4.51. The van der Waals surface area contributed by atoms with Gasteiger partial charge in [-0.1, -0.05) is 0 Å². The van der Waals surface area contributed by atoms with E-state index in [1.807, 2.05) is 0 Å². The number of carbonyl (C=O) groups excluding carboxylic acids is 1. The second kappa shape index (κ2) is 5.67. The molecule has 0 bridgehead atoms. The smallest absolute Gasteiger partial charge is 0.377 e. The van der Waals surface area contributed by atoms with E-state index in [0.29, 0.717) is 6.92 Å². The first kappa shape index (κ1) is 17.5. The second-order valence-corrected chi connectivity index (χ2v) is 6.49. The van der Waals surface area contributed by atoms with Gasteiger partial charge < -0.3 is 23.7 Å². The maximum absolute atomic E-state index is 13.1. The van der Waals surface area contributed by atoms with E-state index in [0.717, 1.165) is 0 Å². The average molecular weight is 324 g/mol. The first-order chi connectivity index (χ1) is 9.90. The fourth-order valence-electron chi connectivity index (χ4n) is 2.37. The Labute approximate surface area is 128 Å². The average Bonchev–Trinajstić information content (AvgIpc) is 2.87. The quantitative estimate of drug-likeness (QED) is 0.736. The highest BCUT2D eigenvalue weighted by molar-refractivity contribution is 5.77. The van der Waals surface area contributed by atoms with Gasteiger partial charge in [0, 0.05) is 6.92 Å². The van der Waals surface area contributed by atoms with Gasteiger partial charge in [0.05, 0.1) is 13.2 Å². The van der Waals surface area contributed by atoms with Gasteiger partial charge in [0.2, 0.25) is 0 Å². The van der Waals surface area contributed by atoms with Crippen LogP contribution in [-0.4, -0.2) is 55.0 Å². The van der Waals surface area contributed by atoms with Crippen molar-refractivity contribution in [1.82, 2.24) is 0 Å². The lowest BCUT2D eigenvalue weighted by Gasteiger charge is -2.29. The van der Waals surface area contributed by atoms with Crippen LogP contribution in [-0.2, 0) is 28.5 Å². The zero-order chi connectivity index (χ0) is 16.8.